The minimum Gasteiger partial charge on any atom is -0.472 e. The van der Waals surface area contributed by atoms with Crippen molar-refractivity contribution in [2.24, 2.45) is 11.8 Å². The number of ether oxygens (including phenoxy) is 1. The average molecular weight is 390 g/mol. The number of nitrogens with zero attached hydrogens (tertiary/aromatic N) is 5. The maximum atomic E-state index is 6.42. The Kier molecular flexibility index (Phi) is 5.02. The molecule has 1 saturated heterocycles. The number of fused-ring (bicyclic) bond motifs is 1. The zero-order valence-electron chi connectivity index (χ0n) is 16.8. The normalized spacial score (nSPS) is 26.9. The highest BCUT2D eigenvalue weighted by Gasteiger charge is 2.44. The lowest BCUT2D eigenvalue weighted by Crippen LogP contribution is -2.40. The second kappa shape index (κ2) is 7.95. The Labute approximate surface area is 171 Å². The second-order valence-electron chi connectivity index (χ2n) is 8.28. The minimum absolute atomic E-state index is 0.105. The number of aryl methyl sites for hydroxylation is 1. The predicted molar refractivity (Wildman–Crippen MR) is 110 cm³/mol. The van der Waals surface area contributed by atoms with E-state index in [4.69, 9.17) is 4.74 Å². The van der Waals surface area contributed by atoms with Crippen molar-refractivity contribution in [2.75, 3.05) is 13.1 Å². The van der Waals surface area contributed by atoms with Gasteiger partial charge in [0.2, 0.25) is 5.88 Å². The average Bonchev–Trinajstić information content (AvgIpc) is 3.34. The summed E-state index contributed by atoms with van der Waals surface area (Å²) in [7, 11) is 0. The molecular formula is C23H27N5O. The second-order valence-corrected chi connectivity index (χ2v) is 8.28. The van der Waals surface area contributed by atoms with E-state index < -0.39 is 0 Å². The summed E-state index contributed by atoms with van der Waals surface area (Å²) < 4.78 is 8.71. The number of hydrogen-bond donors (Lipinski definition) is 0. The van der Waals surface area contributed by atoms with Gasteiger partial charge in [-0.05, 0) is 49.8 Å². The third-order valence-electron chi connectivity index (χ3n) is 6.40. The van der Waals surface area contributed by atoms with Gasteiger partial charge in [0.25, 0.3) is 0 Å². The molecule has 4 atom stereocenters. The SMILES string of the molecule is Cc1nccn1[C@H]1C[C@H]2CN(Cc3ccccn3)C[C@H]2C[C@@H]1Oc1ccccn1. The van der Waals surface area contributed by atoms with Crippen LogP contribution in [0.3, 0.4) is 0 Å². The molecule has 1 saturated carbocycles. The third-order valence-corrected chi connectivity index (χ3v) is 6.40. The van der Waals surface area contributed by atoms with E-state index in [0.29, 0.717) is 17.7 Å². The number of pyridine rings is 2. The summed E-state index contributed by atoms with van der Waals surface area (Å²) in [4.78, 5) is 15.9. The molecule has 0 bridgehead atoms. The molecule has 0 spiro atoms. The molecule has 0 N–H and O–H groups in total. The fourth-order valence-electron chi connectivity index (χ4n) is 5.07. The molecule has 2 aliphatic rings. The van der Waals surface area contributed by atoms with Crippen LogP contribution in [0.4, 0.5) is 0 Å². The molecule has 0 radical (unpaired) electrons. The summed E-state index contributed by atoms with van der Waals surface area (Å²) in [6.07, 6.45) is 9.92. The number of likely N-dealkylation sites (tertiary alicyclic amines) is 1. The molecule has 1 aliphatic heterocycles. The van der Waals surface area contributed by atoms with Gasteiger partial charge in [-0.2, -0.15) is 0 Å². The van der Waals surface area contributed by atoms with Gasteiger partial charge in [-0.3, -0.25) is 9.88 Å². The Morgan fingerprint density at radius 2 is 1.72 bits per heavy atom. The van der Waals surface area contributed by atoms with Crippen molar-refractivity contribution in [1.29, 1.82) is 0 Å². The van der Waals surface area contributed by atoms with Crippen molar-refractivity contribution in [2.45, 2.75) is 38.5 Å². The first kappa shape index (κ1) is 18.3. The van der Waals surface area contributed by atoms with E-state index in [1.165, 1.54) is 0 Å². The molecule has 4 heterocycles. The number of hydrogen-bond acceptors (Lipinski definition) is 5. The maximum Gasteiger partial charge on any atom is 0.213 e. The van der Waals surface area contributed by atoms with Gasteiger partial charge in [-0.15, -0.1) is 0 Å². The van der Waals surface area contributed by atoms with Crippen LogP contribution in [0.25, 0.3) is 0 Å². The maximum absolute atomic E-state index is 6.42. The summed E-state index contributed by atoms with van der Waals surface area (Å²) in [5.41, 5.74) is 1.15. The van der Waals surface area contributed by atoms with E-state index in [9.17, 15) is 0 Å². The Balaban J connectivity index is 1.35. The summed E-state index contributed by atoms with van der Waals surface area (Å²) in [5.74, 6) is 3.08. The van der Waals surface area contributed by atoms with Crippen molar-refractivity contribution in [3.05, 3.63) is 72.7 Å². The summed E-state index contributed by atoms with van der Waals surface area (Å²) in [6.45, 7) is 5.24. The van der Waals surface area contributed by atoms with Crippen molar-refractivity contribution in [1.82, 2.24) is 24.4 Å². The van der Waals surface area contributed by atoms with E-state index >= 15 is 0 Å². The third kappa shape index (κ3) is 3.90. The van der Waals surface area contributed by atoms with Crippen molar-refractivity contribution < 1.29 is 4.74 Å². The molecule has 5 rings (SSSR count). The van der Waals surface area contributed by atoms with Crippen LogP contribution in [-0.4, -0.2) is 43.6 Å². The number of imidazole rings is 1. The van der Waals surface area contributed by atoms with Gasteiger partial charge in [-0.1, -0.05) is 12.1 Å². The molecule has 0 amide bonds. The fourth-order valence-corrected chi connectivity index (χ4v) is 5.07. The zero-order chi connectivity index (χ0) is 19.6. The summed E-state index contributed by atoms with van der Waals surface area (Å²) in [6, 6.07) is 12.3. The Morgan fingerprint density at radius 1 is 0.931 bits per heavy atom. The highest BCUT2D eigenvalue weighted by atomic mass is 16.5. The van der Waals surface area contributed by atoms with Crippen LogP contribution in [0.15, 0.2) is 61.2 Å². The van der Waals surface area contributed by atoms with Crippen molar-refractivity contribution >= 4 is 0 Å². The van der Waals surface area contributed by atoms with Gasteiger partial charge in [0.1, 0.15) is 11.9 Å². The van der Waals surface area contributed by atoms with Crippen LogP contribution in [0.1, 0.15) is 30.4 Å². The Hall–Kier alpha value is -2.73. The van der Waals surface area contributed by atoms with Gasteiger partial charge in [0, 0.05) is 50.5 Å². The van der Waals surface area contributed by atoms with Gasteiger partial charge in [-0.25, -0.2) is 9.97 Å². The first-order valence-electron chi connectivity index (χ1n) is 10.5. The van der Waals surface area contributed by atoms with Crippen LogP contribution in [0, 0.1) is 18.8 Å². The highest BCUT2D eigenvalue weighted by Crippen LogP contribution is 2.43. The zero-order valence-corrected chi connectivity index (χ0v) is 16.8. The molecule has 6 heteroatoms. The Bertz CT molecular complexity index is 929. The largest absolute Gasteiger partial charge is 0.472 e. The van der Waals surface area contributed by atoms with E-state index in [0.717, 1.165) is 44.0 Å². The lowest BCUT2D eigenvalue weighted by atomic mass is 9.77. The van der Waals surface area contributed by atoms with E-state index in [1.54, 1.807) is 6.20 Å². The molecular weight excluding hydrogens is 362 g/mol. The van der Waals surface area contributed by atoms with E-state index in [-0.39, 0.29) is 12.1 Å². The first-order valence-corrected chi connectivity index (χ1v) is 10.5. The Morgan fingerprint density at radius 3 is 2.41 bits per heavy atom. The van der Waals surface area contributed by atoms with E-state index in [1.807, 2.05) is 36.7 Å². The fraction of sp³-hybridized carbons (Fsp3) is 0.435. The van der Waals surface area contributed by atoms with Crippen LogP contribution in [0.2, 0.25) is 0 Å². The van der Waals surface area contributed by atoms with Gasteiger partial charge < -0.3 is 9.30 Å². The molecule has 2 fully saturated rings. The monoisotopic (exact) mass is 389 g/mol. The summed E-state index contributed by atoms with van der Waals surface area (Å²) >= 11 is 0. The van der Waals surface area contributed by atoms with Crippen molar-refractivity contribution in [3.8, 4) is 5.88 Å². The molecule has 1 aliphatic carbocycles. The summed E-state index contributed by atoms with van der Waals surface area (Å²) in [5, 5.41) is 0. The molecule has 0 unspecified atom stereocenters. The standard InChI is InChI=1S/C23H27N5O/c1-17-24-10-11-28(17)21-12-18-14-27(16-20-6-2-4-8-25-20)15-19(18)13-22(21)29-23-7-3-5-9-26-23/h2-11,18-19,21-22H,12-16H2,1H3/t18-,19+,21-,22-/m0/s1. The quantitative estimate of drug-likeness (QED) is 0.668. The van der Waals surface area contributed by atoms with Gasteiger partial charge in [0.15, 0.2) is 0 Å². The van der Waals surface area contributed by atoms with Crippen molar-refractivity contribution in [3.63, 3.8) is 0 Å². The smallest absolute Gasteiger partial charge is 0.213 e. The highest BCUT2D eigenvalue weighted by molar-refractivity contribution is 5.12. The van der Waals surface area contributed by atoms with E-state index in [2.05, 4.69) is 49.7 Å². The lowest BCUT2D eigenvalue weighted by molar-refractivity contribution is 0.0504. The van der Waals surface area contributed by atoms with Gasteiger partial charge in [0.05, 0.1) is 11.7 Å². The molecule has 6 nitrogen and oxygen atoms in total. The van der Waals surface area contributed by atoms with Crippen LogP contribution >= 0.6 is 0 Å². The first-order chi connectivity index (χ1) is 14.3. The number of rotatable bonds is 5. The van der Waals surface area contributed by atoms with Crippen LogP contribution in [-0.2, 0) is 6.54 Å². The van der Waals surface area contributed by atoms with Crippen LogP contribution < -0.4 is 4.74 Å². The molecule has 3 aromatic heterocycles. The molecule has 29 heavy (non-hydrogen) atoms. The molecule has 0 aromatic carbocycles. The minimum atomic E-state index is 0.105. The van der Waals surface area contributed by atoms with Gasteiger partial charge >= 0.3 is 0 Å². The molecule has 150 valence electrons. The van der Waals surface area contributed by atoms with Crippen LogP contribution in [0.5, 0.6) is 5.88 Å². The lowest BCUT2D eigenvalue weighted by Gasteiger charge is -2.38. The topological polar surface area (TPSA) is 56.1 Å². The number of aromatic nitrogens is 4. The predicted octanol–water partition coefficient (Wildman–Crippen LogP) is 3.51. The molecule has 3 aromatic rings.